The second-order valence-electron chi connectivity index (χ2n) is 6.90. The molecule has 0 saturated carbocycles. The Morgan fingerprint density at radius 3 is 2.47 bits per heavy atom. The van der Waals surface area contributed by atoms with Crippen LogP contribution in [0.25, 0.3) is 0 Å². The number of hydrogen-bond donors (Lipinski definition) is 4. The van der Waals surface area contributed by atoms with Gasteiger partial charge in [0, 0.05) is 11.2 Å². The fraction of sp³-hybridized carbons (Fsp3) is 0.143. The number of pyridine rings is 1. The van der Waals surface area contributed by atoms with Gasteiger partial charge in [0.15, 0.2) is 5.82 Å². The van der Waals surface area contributed by atoms with Crippen LogP contribution in [0, 0.1) is 6.92 Å². The Morgan fingerprint density at radius 2 is 1.89 bits per heavy atom. The molecule has 1 aromatic carbocycles. The number of thioether (sulfide) groups is 1. The van der Waals surface area contributed by atoms with E-state index in [1.54, 1.807) is 0 Å². The lowest BCUT2D eigenvalue weighted by Gasteiger charge is -2.23. The zero-order valence-electron chi connectivity index (χ0n) is 18.7. The summed E-state index contributed by atoms with van der Waals surface area (Å²) in [5.41, 5.74) is 2.13. The number of hydrazine groups is 2. The molecule has 36 heavy (non-hydrogen) atoms. The number of nitrogens with two attached hydrogens (primary N) is 1. The average Bonchev–Trinajstić information content (AvgIpc) is 2.81. The van der Waals surface area contributed by atoms with E-state index in [9.17, 15) is 27.6 Å². The number of hydrogen-bond acceptors (Lipinski definition) is 7. The lowest BCUT2D eigenvalue weighted by Crippen LogP contribution is -2.40. The van der Waals surface area contributed by atoms with Crippen LogP contribution in [0.4, 0.5) is 29.5 Å². The number of alkyl halides is 3. The number of aromatic nitrogens is 1. The fourth-order valence-electron chi connectivity index (χ4n) is 2.65. The molecular weight excluding hydrogens is 544 g/mol. The molecule has 1 aromatic heterocycles. The van der Waals surface area contributed by atoms with Crippen molar-refractivity contribution in [3.05, 3.63) is 75.6 Å². The highest BCUT2D eigenvalue weighted by molar-refractivity contribution is 8.12. The van der Waals surface area contributed by atoms with Gasteiger partial charge in [-0.3, -0.25) is 30.2 Å². The zero-order chi connectivity index (χ0) is 27.2. The van der Waals surface area contributed by atoms with Crippen LogP contribution in [0.3, 0.4) is 0 Å². The molecule has 2 aromatic rings. The number of nitrogens with one attached hydrogen (secondary N) is 3. The fourth-order valence-corrected chi connectivity index (χ4v) is 3.29. The van der Waals surface area contributed by atoms with E-state index < -0.39 is 34.5 Å². The average molecular weight is 563 g/mol. The number of nitrogens with zero attached hydrogens (tertiary/aromatic N) is 2. The van der Waals surface area contributed by atoms with Crippen molar-refractivity contribution in [2.45, 2.75) is 13.1 Å². The Labute approximate surface area is 217 Å². The first-order valence-electron chi connectivity index (χ1n) is 9.65. The molecule has 2 rings (SSSR count). The molecule has 5 N–H and O–H groups in total. The molecule has 0 bridgehead atoms. The van der Waals surface area contributed by atoms with Gasteiger partial charge >= 0.3 is 6.18 Å². The molecule has 0 unspecified atom stereocenters. The minimum atomic E-state index is -4.88. The Balaban J connectivity index is 2.53. The van der Waals surface area contributed by atoms with Crippen molar-refractivity contribution >= 4 is 63.5 Å². The van der Waals surface area contributed by atoms with Gasteiger partial charge < -0.3 is 5.32 Å². The maximum absolute atomic E-state index is 13.2. The van der Waals surface area contributed by atoms with Crippen molar-refractivity contribution in [1.82, 2.24) is 15.8 Å². The first-order valence-corrected chi connectivity index (χ1v) is 11.6. The number of allylic oxidation sites excluding steroid dienone is 2. The maximum atomic E-state index is 13.2. The molecule has 0 aliphatic heterocycles. The summed E-state index contributed by atoms with van der Waals surface area (Å²) in [6.07, 6.45) is -1.73. The molecule has 0 atom stereocenters. The lowest BCUT2D eigenvalue weighted by molar-refractivity contribution is -0.113. The van der Waals surface area contributed by atoms with Crippen molar-refractivity contribution in [3.63, 3.8) is 0 Å². The third-order valence-corrected chi connectivity index (χ3v) is 5.37. The SMILES string of the molecule is C=C(/C=C(/C(=O)Nc1c(C)cc(Cl)cc1C(=O)NNC(=O)SC)N(N)c1ncccc1Cl)C(F)(F)F. The van der Waals surface area contributed by atoms with Gasteiger partial charge in [0.1, 0.15) is 5.70 Å². The van der Waals surface area contributed by atoms with Crippen LogP contribution in [0.5, 0.6) is 0 Å². The number of anilines is 2. The summed E-state index contributed by atoms with van der Waals surface area (Å²) < 4.78 is 39.7. The Kier molecular flexibility index (Phi) is 9.76. The summed E-state index contributed by atoms with van der Waals surface area (Å²) in [6.45, 7) is 4.43. The molecule has 0 aliphatic rings. The summed E-state index contributed by atoms with van der Waals surface area (Å²) >= 11 is 12.9. The molecular formula is C21H19Cl2F3N6O3S. The Morgan fingerprint density at radius 1 is 1.22 bits per heavy atom. The van der Waals surface area contributed by atoms with Gasteiger partial charge in [0.05, 0.1) is 21.8 Å². The van der Waals surface area contributed by atoms with Crippen LogP contribution in [-0.2, 0) is 4.79 Å². The van der Waals surface area contributed by atoms with Gasteiger partial charge in [-0.2, -0.15) is 13.2 Å². The number of carbonyl (C=O) groups excluding carboxylic acids is 3. The smallest absolute Gasteiger partial charge is 0.320 e. The number of carbonyl (C=O) groups is 3. The number of halogens is 5. The van der Waals surface area contributed by atoms with Crippen molar-refractivity contribution in [2.24, 2.45) is 5.84 Å². The minimum Gasteiger partial charge on any atom is -0.320 e. The molecule has 1 heterocycles. The van der Waals surface area contributed by atoms with E-state index in [1.807, 2.05) is 0 Å². The molecule has 0 spiro atoms. The van der Waals surface area contributed by atoms with Crippen LogP contribution in [0.15, 0.2) is 54.4 Å². The van der Waals surface area contributed by atoms with Crippen molar-refractivity contribution < 1.29 is 27.6 Å². The summed E-state index contributed by atoms with van der Waals surface area (Å²) in [5.74, 6) is 3.70. The van der Waals surface area contributed by atoms with E-state index in [4.69, 9.17) is 29.0 Å². The molecule has 0 fully saturated rings. The standard InChI is InChI=1S/C21H19Cl2F3N6O3S/c1-10-7-12(22)9-13(18(33)30-31-20(35)36-3)16(10)29-19(34)15(8-11(2)21(24,25)26)32(27)17-14(23)5-4-6-28-17/h4-9H,2,27H2,1,3H3,(H,29,34)(H,30,33)(H,31,35)/b15-8-. The summed E-state index contributed by atoms with van der Waals surface area (Å²) in [6, 6.07) is 5.42. The second-order valence-corrected chi connectivity index (χ2v) is 8.52. The molecule has 3 amide bonds. The quantitative estimate of drug-likeness (QED) is 0.173. The van der Waals surface area contributed by atoms with Crippen LogP contribution >= 0.6 is 35.0 Å². The van der Waals surface area contributed by atoms with Crippen LogP contribution in [0.2, 0.25) is 10.0 Å². The molecule has 15 heteroatoms. The van der Waals surface area contributed by atoms with E-state index in [0.717, 1.165) is 11.8 Å². The van der Waals surface area contributed by atoms with Crippen LogP contribution in [-0.4, -0.2) is 34.5 Å². The van der Waals surface area contributed by atoms with Crippen LogP contribution in [0.1, 0.15) is 15.9 Å². The van der Waals surface area contributed by atoms with E-state index in [2.05, 4.69) is 27.7 Å². The number of amides is 3. The zero-order valence-corrected chi connectivity index (χ0v) is 21.0. The number of aryl methyl sites for hydroxylation is 1. The maximum Gasteiger partial charge on any atom is 0.415 e. The highest BCUT2D eigenvalue weighted by atomic mass is 35.5. The van der Waals surface area contributed by atoms with Gasteiger partial charge in [0.2, 0.25) is 0 Å². The number of benzene rings is 1. The minimum absolute atomic E-state index is 0.0522. The Bertz CT molecular complexity index is 1240. The van der Waals surface area contributed by atoms with E-state index >= 15 is 0 Å². The third kappa shape index (κ3) is 7.37. The normalized spacial score (nSPS) is 11.5. The van der Waals surface area contributed by atoms with Gasteiger partial charge in [0.25, 0.3) is 17.1 Å². The molecule has 192 valence electrons. The second kappa shape index (κ2) is 12.1. The van der Waals surface area contributed by atoms with Gasteiger partial charge in [-0.05, 0) is 49.1 Å². The van der Waals surface area contributed by atoms with Gasteiger partial charge in [-0.1, -0.05) is 41.5 Å². The van der Waals surface area contributed by atoms with Crippen molar-refractivity contribution in [2.75, 3.05) is 16.6 Å². The van der Waals surface area contributed by atoms with Gasteiger partial charge in [-0.15, -0.1) is 0 Å². The topological polar surface area (TPSA) is 129 Å². The van der Waals surface area contributed by atoms with Crippen LogP contribution < -0.4 is 27.0 Å². The molecule has 0 radical (unpaired) electrons. The Hall–Kier alpha value is -3.26. The highest BCUT2D eigenvalue weighted by Crippen LogP contribution is 2.30. The highest BCUT2D eigenvalue weighted by Gasteiger charge is 2.33. The first kappa shape index (κ1) is 29.0. The molecule has 9 nitrogen and oxygen atoms in total. The predicted octanol–water partition coefficient (Wildman–Crippen LogP) is 4.74. The summed E-state index contributed by atoms with van der Waals surface area (Å²) in [7, 11) is 0. The largest absolute Gasteiger partial charge is 0.415 e. The monoisotopic (exact) mass is 562 g/mol. The third-order valence-electron chi connectivity index (χ3n) is 4.38. The number of rotatable bonds is 6. The molecule has 0 saturated heterocycles. The summed E-state index contributed by atoms with van der Waals surface area (Å²) in [4.78, 5) is 41.2. The van der Waals surface area contributed by atoms with E-state index in [1.165, 1.54) is 43.6 Å². The molecule has 0 aliphatic carbocycles. The van der Waals surface area contributed by atoms with Crippen molar-refractivity contribution in [3.8, 4) is 0 Å². The van der Waals surface area contributed by atoms with Crippen molar-refractivity contribution in [1.29, 1.82) is 0 Å². The first-order chi connectivity index (χ1) is 16.8. The van der Waals surface area contributed by atoms with E-state index in [-0.39, 0.29) is 32.7 Å². The lowest BCUT2D eigenvalue weighted by atomic mass is 10.1. The summed E-state index contributed by atoms with van der Waals surface area (Å²) in [5, 5.41) is 2.42. The van der Waals surface area contributed by atoms with Gasteiger partial charge in [-0.25, -0.2) is 10.8 Å². The predicted molar refractivity (Wildman–Crippen MR) is 134 cm³/mol. The van der Waals surface area contributed by atoms with E-state index in [0.29, 0.717) is 11.1 Å².